The average molecular weight is 569 g/mol. The molecule has 1 atom stereocenters. The second-order valence-electron chi connectivity index (χ2n) is 10.1. The Balaban J connectivity index is 0.000000203. The van der Waals surface area contributed by atoms with E-state index in [1.54, 1.807) is 4.90 Å². The minimum Gasteiger partial charge on any atom is -0.516 e. The van der Waals surface area contributed by atoms with Crippen molar-refractivity contribution < 1.29 is 32.2 Å². The Labute approximate surface area is 231 Å². The highest BCUT2D eigenvalue weighted by Gasteiger charge is 2.35. The van der Waals surface area contributed by atoms with E-state index in [2.05, 4.69) is 27.8 Å². The Kier molecular flexibility index (Phi) is 11.4. The van der Waals surface area contributed by atoms with E-state index in [-0.39, 0.29) is 18.8 Å². The van der Waals surface area contributed by atoms with Gasteiger partial charge in [0.15, 0.2) is 0 Å². The van der Waals surface area contributed by atoms with Crippen LogP contribution in [0.3, 0.4) is 0 Å². The van der Waals surface area contributed by atoms with E-state index in [9.17, 15) is 22.0 Å². The molecule has 3 aromatic rings. The third-order valence-electron chi connectivity index (χ3n) is 6.85. The molecule has 3 heterocycles. The number of alkyl halides is 3. The summed E-state index contributed by atoms with van der Waals surface area (Å²) in [5.74, 6) is -4.21. The molecular weight excluding hydrogens is 531 g/mol. The molecule has 0 radical (unpaired) electrons. The number of aromatic nitrogens is 1. The molecule has 40 heavy (non-hydrogen) atoms. The number of benzene rings is 2. The van der Waals surface area contributed by atoms with Crippen molar-refractivity contribution in [3.63, 3.8) is 0 Å². The summed E-state index contributed by atoms with van der Waals surface area (Å²) < 4.78 is 64.5. The van der Waals surface area contributed by atoms with Crippen molar-refractivity contribution in [2.45, 2.75) is 44.3 Å². The van der Waals surface area contributed by atoms with Gasteiger partial charge in [0.1, 0.15) is 18.2 Å². The minimum atomic E-state index is -3.04. The van der Waals surface area contributed by atoms with Crippen LogP contribution in [0, 0.1) is 11.6 Å². The van der Waals surface area contributed by atoms with E-state index in [4.69, 9.17) is 10.2 Å². The Morgan fingerprint density at radius 3 is 2.42 bits per heavy atom. The molecule has 0 unspecified atom stereocenters. The number of halogens is 5. The van der Waals surface area contributed by atoms with Crippen LogP contribution in [-0.4, -0.2) is 82.5 Å². The molecular formula is C29H37F5N4O2. The molecule has 220 valence electrons. The van der Waals surface area contributed by atoms with Gasteiger partial charge in [0.2, 0.25) is 0 Å². The molecule has 1 saturated heterocycles. The molecule has 11 heteroatoms. The van der Waals surface area contributed by atoms with Crippen LogP contribution in [0.25, 0.3) is 10.9 Å². The van der Waals surface area contributed by atoms with Gasteiger partial charge in [0.05, 0.1) is 25.5 Å². The number of para-hydroxylation sites is 1. The number of anilines is 1. The van der Waals surface area contributed by atoms with Crippen molar-refractivity contribution in [3.05, 3.63) is 78.2 Å². The molecule has 6 nitrogen and oxygen atoms in total. The van der Waals surface area contributed by atoms with Crippen molar-refractivity contribution in [2.75, 3.05) is 44.8 Å². The summed E-state index contributed by atoms with van der Waals surface area (Å²) in [6.45, 7) is 5.86. The van der Waals surface area contributed by atoms with Gasteiger partial charge in [0, 0.05) is 60.6 Å². The quantitative estimate of drug-likeness (QED) is 0.209. The Morgan fingerprint density at radius 2 is 1.80 bits per heavy atom. The molecule has 5 rings (SSSR count). The molecule has 1 fully saturated rings. The standard InChI is InChI=1S/C15H18F2N2O.C12H15F3N2.C2H4O/c1-10-6-12-11-4-2-3-5-13(11)18-14(12)7-19(10)8-15(16,17)9-20;13-2-1-3-17-7-12(8-17)16-11-5-9(14)4-10(15)6-11;1-2-3/h2-5,10,18,20H,6-9H2,1H3;4-6,12,16H,1-3,7-8H2;2-3H,1H2/t10-;;/m1../s1. The molecule has 0 aliphatic carbocycles. The van der Waals surface area contributed by atoms with E-state index < -0.39 is 30.7 Å². The summed E-state index contributed by atoms with van der Waals surface area (Å²) in [6.07, 6.45) is 2.04. The van der Waals surface area contributed by atoms with Crippen LogP contribution in [-0.2, 0) is 13.0 Å². The van der Waals surface area contributed by atoms with Crippen molar-refractivity contribution in [3.8, 4) is 0 Å². The van der Waals surface area contributed by atoms with Crippen molar-refractivity contribution >= 4 is 16.6 Å². The highest BCUT2D eigenvalue weighted by molar-refractivity contribution is 5.84. The van der Waals surface area contributed by atoms with E-state index in [1.807, 2.05) is 25.1 Å². The predicted molar refractivity (Wildman–Crippen MR) is 148 cm³/mol. The number of hydrogen-bond donors (Lipinski definition) is 4. The van der Waals surface area contributed by atoms with Crippen molar-refractivity contribution in [1.29, 1.82) is 0 Å². The van der Waals surface area contributed by atoms with Gasteiger partial charge in [-0.05, 0) is 43.5 Å². The first-order valence-corrected chi connectivity index (χ1v) is 13.2. The maximum atomic E-state index is 13.4. The number of rotatable bonds is 8. The van der Waals surface area contributed by atoms with Crippen LogP contribution < -0.4 is 5.32 Å². The molecule has 2 aliphatic heterocycles. The van der Waals surface area contributed by atoms with Crippen molar-refractivity contribution in [1.82, 2.24) is 14.8 Å². The van der Waals surface area contributed by atoms with E-state index in [1.165, 1.54) is 23.1 Å². The highest BCUT2D eigenvalue weighted by atomic mass is 19.3. The second kappa shape index (κ2) is 14.5. The van der Waals surface area contributed by atoms with Crippen molar-refractivity contribution in [2.24, 2.45) is 0 Å². The number of likely N-dealkylation sites (tertiary alicyclic amines) is 1. The Bertz CT molecular complexity index is 1210. The van der Waals surface area contributed by atoms with Crippen LogP contribution in [0.15, 0.2) is 55.3 Å². The number of H-pyrrole nitrogens is 1. The fourth-order valence-corrected chi connectivity index (χ4v) is 4.97. The lowest BCUT2D eigenvalue weighted by atomic mass is 9.97. The Morgan fingerprint density at radius 1 is 1.15 bits per heavy atom. The van der Waals surface area contributed by atoms with Gasteiger partial charge >= 0.3 is 0 Å². The summed E-state index contributed by atoms with van der Waals surface area (Å²) in [7, 11) is 0. The summed E-state index contributed by atoms with van der Waals surface area (Å²) in [4.78, 5) is 7.16. The molecule has 2 aromatic carbocycles. The normalized spacial score (nSPS) is 17.6. The van der Waals surface area contributed by atoms with Gasteiger partial charge < -0.3 is 20.5 Å². The topological polar surface area (TPSA) is 74.8 Å². The SMILES string of the molecule is C=CO.C[C@@H]1Cc2c([nH]c3ccccc23)CN1CC(F)(F)CO.FCCCN1CC(Nc2cc(F)cc(F)c2)C1. The van der Waals surface area contributed by atoms with Crippen LogP contribution >= 0.6 is 0 Å². The van der Waals surface area contributed by atoms with Crippen LogP contribution in [0.1, 0.15) is 24.6 Å². The maximum absolute atomic E-state index is 13.4. The first-order chi connectivity index (χ1) is 19.1. The maximum Gasteiger partial charge on any atom is 0.283 e. The summed E-state index contributed by atoms with van der Waals surface area (Å²) in [5, 5.41) is 20.3. The second-order valence-corrected chi connectivity index (χ2v) is 10.1. The van der Waals surface area contributed by atoms with Gasteiger partial charge in [-0.15, -0.1) is 0 Å². The van der Waals surface area contributed by atoms with E-state index >= 15 is 0 Å². The number of nitrogens with zero attached hydrogens (tertiary/aromatic N) is 2. The molecule has 4 N–H and O–H groups in total. The third kappa shape index (κ3) is 8.67. The monoisotopic (exact) mass is 568 g/mol. The van der Waals surface area contributed by atoms with Gasteiger partial charge in [-0.2, -0.15) is 0 Å². The lowest BCUT2D eigenvalue weighted by Crippen LogP contribution is -2.54. The zero-order chi connectivity index (χ0) is 29.3. The zero-order valence-corrected chi connectivity index (χ0v) is 22.5. The van der Waals surface area contributed by atoms with Crippen LogP contribution in [0.5, 0.6) is 0 Å². The van der Waals surface area contributed by atoms with Crippen LogP contribution in [0.4, 0.5) is 27.6 Å². The fourth-order valence-electron chi connectivity index (χ4n) is 4.97. The minimum absolute atomic E-state index is 0.0409. The number of aliphatic hydroxyl groups is 2. The zero-order valence-electron chi connectivity index (χ0n) is 22.5. The predicted octanol–water partition coefficient (Wildman–Crippen LogP) is 5.65. The average Bonchev–Trinajstić information content (AvgIpc) is 3.23. The summed E-state index contributed by atoms with van der Waals surface area (Å²) >= 11 is 0. The lowest BCUT2D eigenvalue weighted by Gasteiger charge is -2.40. The number of fused-ring (bicyclic) bond motifs is 3. The fraction of sp³-hybridized carbons (Fsp3) is 0.448. The van der Waals surface area contributed by atoms with Gasteiger partial charge in [-0.25, -0.2) is 17.6 Å². The largest absolute Gasteiger partial charge is 0.516 e. The summed E-state index contributed by atoms with van der Waals surface area (Å²) in [6, 6.07) is 11.6. The molecule has 0 saturated carbocycles. The van der Waals surface area contributed by atoms with Crippen LogP contribution in [0.2, 0.25) is 0 Å². The van der Waals surface area contributed by atoms with E-state index in [0.717, 1.165) is 49.6 Å². The summed E-state index contributed by atoms with van der Waals surface area (Å²) in [5.41, 5.74) is 3.76. The third-order valence-corrected chi connectivity index (χ3v) is 6.85. The smallest absolute Gasteiger partial charge is 0.283 e. The van der Waals surface area contributed by atoms with Gasteiger partial charge in [-0.1, -0.05) is 24.8 Å². The van der Waals surface area contributed by atoms with E-state index in [0.29, 0.717) is 18.7 Å². The molecule has 2 aliphatic rings. The number of nitrogens with one attached hydrogen (secondary N) is 2. The number of aliphatic hydroxyl groups excluding tert-OH is 2. The van der Waals surface area contributed by atoms with Gasteiger partial charge in [-0.3, -0.25) is 14.2 Å². The molecule has 0 spiro atoms. The highest BCUT2D eigenvalue weighted by Crippen LogP contribution is 2.31. The first kappa shape index (κ1) is 31.4. The molecule has 0 amide bonds. The lowest BCUT2D eigenvalue weighted by molar-refractivity contribution is -0.0819. The molecule has 0 bridgehead atoms. The number of hydrogen-bond acceptors (Lipinski definition) is 5. The first-order valence-electron chi connectivity index (χ1n) is 13.2. The molecule has 1 aromatic heterocycles. The Hall–Kier alpha value is -3.15. The number of aromatic amines is 1. The van der Waals surface area contributed by atoms with Gasteiger partial charge in [0.25, 0.3) is 5.92 Å².